The van der Waals surface area contributed by atoms with Crippen molar-refractivity contribution in [3.05, 3.63) is 59.4 Å². The average Bonchev–Trinajstić information content (AvgIpc) is 3.44. The summed E-state index contributed by atoms with van der Waals surface area (Å²) < 4.78 is 19.1. The second-order valence-electron chi connectivity index (χ2n) is 7.56. The number of ether oxygens (including phenoxy) is 1. The van der Waals surface area contributed by atoms with Gasteiger partial charge in [-0.2, -0.15) is 0 Å². The number of carbonyl (C=O) groups excluding carboxylic acids is 2. The molecule has 2 aromatic carbocycles. The van der Waals surface area contributed by atoms with Gasteiger partial charge in [-0.25, -0.2) is 4.39 Å². The number of anilines is 1. The van der Waals surface area contributed by atoms with Crippen LogP contribution in [0.1, 0.15) is 42.6 Å². The van der Waals surface area contributed by atoms with E-state index in [0.29, 0.717) is 17.0 Å². The van der Waals surface area contributed by atoms with Crippen LogP contribution in [0, 0.1) is 5.82 Å². The lowest BCUT2D eigenvalue weighted by Gasteiger charge is -2.39. The molecule has 1 aliphatic heterocycles. The Labute approximate surface area is 157 Å². The Morgan fingerprint density at radius 2 is 1.93 bits per heavy atom. The quantitative estimate of drug-likeness (QED) is 0.900. The van der Waals surface area contributed by atoms with E-state index in [0.717, 1.165) is 18.4 Å². The summed E-state index contributed by atoms with van der Waals surface area (Å²) in [4.78, 5) is 27.0. The molecule has 0 bridgehead atoms. The molecule has 5 nitrogen and oxygen atoms in total. The van der Waals surface area contributed by atoms with E-state index in [1.165, 1.54) is 12.1 Å². The highest BCUT2D eigenvalue weighted by Gasteiger charge is 2.41. The van der Waals surface area contributed by atoms with Crippen LogP contribution in [0.5, 0.6) is 5.75 Å². The molecule has 1 N–H and O–H groups in total. The van der Waals surface area contributed by atoms with Crippen molar-refractivity contribution in [2.45, 2.75) is 44.9 Å². The van der Waals surface area contributed by atoms with Gasteiger partial charge in [0.05, 0.1) is 12.2 Å². The standard InChI is InChI=1S/C21H21FN2O3/c1-21(2)20(26)24(12-13-3-6-15(22)7-4-13)17-11-14(5-10-18(17)27-21)19(25)23-16-8-9-16/h3-7,10-11,16H,8-9,12H2,1-2H3,(H,23,25). The third-order valence-electron chi connectivity index (χ3n) is 4.80. The van der Waals surface area contributed by atoms with E-state index < -0.39 is 5.60 Å². The van der Waals surface area contributed by atoms with Gasteiger partial charge in [-0.1, -0.05) is 12.1 Å². The van der Waals surface area contributed by atoms with Crippen molar-refractivity contribution in [3.8, 4) is 5.75 Å². The Hall–Kier alpha value is -2.89. The summed E-state index contributed by atoms with van der Waals surface area (Å²) in [5.74, 6) is -0.144. The molecule has 0 aromatic heterocycles. The third-order valence-corrected chi connectivity index (χ3v) is 4.80. The molecule has 4 rings (SSSR count). The molecule has 0 saturated heterocycles. The second kappa shape index (κ2) is 6.37. The van der Waals surface area contributed by atoms with Gasteiger partial charge in [0.2, 0.25) is 0 Å². The highest BCUT2D eigenvalue weighted by Crippen LogP contribution is 2.39. The van der Waals surface area contributed by atoms with E-state index in [1.54, 1.807) is 49.1 Å². The minimum atomic E-state index is -1.02. The normalized spacial score (nSPS) is 17.9. The first-order valence-electron chi connectivity index (χ1n) is 9.04. The van der Waals surface area contributed by atoms with Gasteiger partial charge in [0, 0.05) is 11.6 Å². The molecular weight excluding hydrogens is 347 g/mol. The number of amides is 2. The highest BCUT2D eigenvalue weighted by atomic mass is 19.1. The molecule has 2 aliphatic rings. The number of nitrogens with one attached hydrogen (secondary N) is 1. The smallest absolute Gasteiger partial charge is 0.271 e. The number of fused-ring (bicyclic) bond motifs is 1. The molecule has 1 heterocycles. The van der Waals surface area contributed by atoms with Crippen molar-refractivity contribution in [3.63, 3.8) is 0 Å². The lowest BCUT2D eigenvalue weighted by Crippen LogP contribution is -2.52. The summed E-state index contributed by atoms with van der Waals surface area (Å²) in [6, 6.07) is 11.4. The number of nitrogens with zero attached hydrogens (tertiary/aromatic N) is 1. The van der Waals surface area contributed by atoms with Crippen LogP contribution in [-0.4, -0.2) is 23.5 Å². The van der Waals surface area contributed by atoms with E-state index in [9.17, 15) is 14.0 Å². The van der Waals surface area contributed by atoms with E-state index in [-0.39, 0.29) is 30.2 Å². The van der Waals surface area contributed by atoms with Crippen LogP contribution in [0.2, 0.25) is 0 Å². The number of hydrogen-bond donors (Lipinski definition) is 1. The maximum absolute atomic E-state index is 13.2. The molecule has 0 radical (unpaired) electrons. The molecule has 140 valence electrons. The van der Waals surface area contributed by atoms with Gasteiger partial charge in [-0.3, -0.25) is 9.59 Å². The number of halogens is 1. The topological polar surface area (TPSA) is 58.6 Å². The van der Waals surface area contributed by atoms with Crippen molar-refractivity contribution in [1.29, 1.82) is 0 Å². The van der Waals surface area contributed by atoms with Crippen molar-refractivity contribution in [1.82, 2.24) is 5.32 Å². The summed E-state index contributed by atoms with van der Waals surface area (Å²) in [7, 11) is 0. The molecule has 1 saturated carbocycles. The SMILES string of the molecule is CC1(C)Oc2ccc(C(=O)NC3CC3)cc2N(Cc2ccc(F)cc2)C1=O. The fraction of sp³-hybridized carbons (Fsp3) is 0.333. The number of carbonyl (C=O) groups is 2. The van der Waals surface area contributed by atoms with Crippen molar-refractivity contribution in [2.24, 2.45) is 0 Å². The maximum atomic E-state index is 13.2. The molecular formula is C21H21FN2O3. The minimum Gasteiger partial charge on any atom is -0.476 e. The van der Waals surface area contributed by atoms with Gasteiger partial charge in [0.15, 0.2) is 5.60 Å². The first kappa shape index (κ1) is 17.5. The Morgan fingerprint density at radius 3 is 2.59 bits per heavy atom. The summed E-state index contributed by atoms with van der Waals surface area (Å²) in [6.07, 6.45) is 2.01. The molecule has 1 fully saturated rings. The van der Waals surface area contributed by atoms with Crippen LogP contribution >= 0.6 is 0 Å². The number of hydrogen-bond acceptors (Lipinski definition) is 3. The lowest BCUT2D eigenvalue weighted by atomic mass is 10.0. The van der Waals surface area contributed by atoms with E-state index >= 15 is 0 Å². The molecule has 6 heteroatoms. The van der Waals surface area contributed by atoms with Crippen LogP contribution in [0.4, 0.5) is 10.1 Å². The van der Waals surface area contributed by atoms with Crippen LogP contribution < -0.4 is 15.0 Å². The van der Waals surface area contributed by atoms with Crippen LogP contribution in [0.25, 0.3) is 0 Å². The third kappa shape index (κ3) is 3.52. The average molecular weight is 368 g/mol. The molecule has 0 atom stereocenters. The van der Waals surface area contributed by atoms with Crippen molar-refractivity contribution >= 4 is 17.5 Å². The first-order chi connectivity index (χ1) is 12.8. The van der Waals surface area contributed by atoms with Gasteiger partial charge in [-0.05, 0) is 62.6 Å². The predicted molar refractivity (Wildman–Crippen MR) is 99.2 cm³/mol. The minimum absolute atomic E-state index is 0.153. The summed E-state index contributed by atoms with van der Waals surface area (Å²) >= 11 is 0. The summed E-state index contributed by atoms with van der Waals surface area (Å²) in [6.45, 7) is 3.69. The predicted octanol–water partition coefficient (Wildman–Crippen LogP) is 3.42. The van der Waals surface area contributed by atoms with E-state index in [4.69, 9.17) is 4.74 Å². The van der Waals surface area contributed by atoms with Gasteiger partial charge in [0.1, 0.15) is 11.6 Å². The van der Waals surface area contributed by atoms with Crippen molar-refractivity contribution < 1.29 is 18.7 Å². The van der Waals surface area contributed by atoms with Gasteiger partial charge in [0.25, 0.3) is 11.8 Å². The zero-order valence-electron chi connectivity index (χ0n) is 15.3. The monoisotopic (exact) mass is 368 g/mol. The van der Waals surface area contributed by atoms with Gasteiger partial charge >= 0.3 is 0 Å². The lowest BCUT2D eigenvalue weighted by molar-refractivity contribution is -0.132. The Kier molecular flexibility index (Phi) is 4.13. The fourth-order valence-corrected chi connectivity index (χ4v) is 3.13. The van der Waals surface area contributed by atoms with Gasteiger partial charge in [-0.15, -0.1) is 0 Å². The van der Waals surface area contributed by atoms with E-state index in [1.807, 2.05) is 0 Å². The van der Waals surface area contributed by atoms with Crippen LogP contribution in [0.15, 0.2) is 42.5 Å². The number of benzene rings is 2. The Bertz CT molecular complexity index is 904. The maximum Gasteiger partial charge on any atom is 0.271 e. The zero-order chi connectivity index (χ0) is 19.2. The zero-order valence-corrected chi connectivity index (χ0v) is 15.3. The van der Waals surface area contributed by atoms with Crippen LogP contribution in [0.3, 0.4) is 0 Å². The van der Waals surface area contributed by atoms with Crippen molar-refractivity contribution in [2.75, 3.05) is 4.90 Å². The molecule has 0 unspecified atom stereocenters. The van der Waals surface area contributed by atoms with Gasteiger partial charge < -0.3 is 15.0 Å². The molecule has 1 aliphatic carbocycles. The summed E-state index contributed by atoms with van der Waals surface area (Å²) in [5.41, 5.74) is 0.805. The Morgan fingerprint density at radius 1 is 1.22 bits per heavy atom. The number of rotatable bonds is 4. The summed E-state index contributed by atoms with van der Waals surface area (Å²) in [5, 5.41) is 2.95. The second-order valence-corrected chi connectivity index (χ2v) is 7.56. The highest BCUT2D eigenvalue weighted by molar-refractivity contribution is 6.04. The fourth-order valence-electron chi connectivity index (χ4n) is 3.13. The first-order valence-corrected chi connectivity index (χ1v) is 9.04. The largest absolute Gasteiger partial charge is 0.476 e. The van der Waals surface area contributed by atoms with Crippen LogP contribution in [-0.2, 0) is 11.3 Å². The molecule has 0 spiro atoms. The Balaban J connectivity index is 1.69. The molecule has 2 aromatic rings. The molecule has 2 amide bonds. The van der Waals surface area contributed by atoms with E-state index in [2.05, 4.69) is 5.32 Å². The molecule has 27 heavy (non-hydrogen) atoms.